The molecule has 0 saturated carbocycles. The van der Waals surface area contributed by atoms with E-state index in [-0.39, 0.29) is 0 Å². The summed E-state index contributed by atoms with van der Waals surface area (Å²) in [4.78, 5) is 0. The summed E-state index contributed by atoms with van der Waals surface area (Å²) < 4.78 is 77.8. The first-order valence-electron chi connectivity index (χ1n) is 6.64. The van der Waals surface area contributed by atoms with Crippen molar-refractivity contribution in [1.29, 1.82) is 0 Å². The third-order valence-corrected chi connectivity index (χ3v) is 3.87. The van der Waals surface area contributed by atoms with Crippen LogP contribution in [0.4, 0.5) is 26.3 Å². The molecule has 0 fully saturated rings. The largest absolute Gasteiger partial charge is 0.422 e. The molecular formula is C15H16F6OSi. The molecular weight excluding hydrogens is 338 g/mol. The molecule has 0 heterocycles. The lowest BCUT2D eigenvalue weighted by molar-refractivity contribution is -0.264. The Hall–Kier alpha value is -1.46. The molecule has 0 saturated heterocycles. The quantitative estimate of drug-likeness (QED) is 0.463. The Balaban J connectivity index is 3.35. The molecule has 1 aromatic carbocycles. The van der Waals surface area contributed by atoms with Crippen molar-refractivity contribution in [2.45, 2.75) is 44.0 Å². The van der Waals surface area contributed by atoms with Crippen molar-refractivity contribution in [1.82, 2.24) is 0 Å². The average Bonchev–Trinajstić information content (AvgIpc) is 2.34. The molecule has 0 aliphatic rings. The zero-order chi connectivity index (χ0) is 18.1. The second kappa shape index (κ2) is 6.21. The Morgan fingerprint density at radius 3 is 1.96 bits per heavy atom. The molecule has 8 heteroatoms. The number of rotatable bonds is 2. The lowest BCUT2D eigenvalue weighted by Gasteiger charge is -2.30. The fourth-order valence-electron chi connectivity index (χ4n) is 1.76. The van der Waals surface area contributed by atoms with Crippen LogP contribution in [0.1, 0.15) is 17.5 Å². The Morgan fingerprint density at radius 2 is 1.52 bits per heavy atom. The lowest BCUT2D eigenvalue weighted by Crippen LogP contribution is -2.42. The molecule has 1 aromatic rings. The van der Waals surface area contributed by atoms with E-state index in [4.69, 9.17) is 0 Å². The first-order chi connectivity index (χ1) is 10.2. The van der Waals surface area contributed by atoms with Gasteiger partial charge in [0.1, 0.15) is 8.07 Å². The van der Waals surface area contributed by atoms with Crippen LogP contribution >= 0.6 is 0 Å². The Labute approximate surface area is 131 Å². The average molecular weight is 354 g/mol. The van der Waals surface area contributed by atoms with E-state index < -0.39 is 43.6 Å². The highest BCUT2D eigenvalue weighted by atomic mass is 28.3. The van der Waals surface area contributed by atoms with E-state index in [0.29, 0.717) is 12.1 Å². The summed E-state index contributed by atoms with van der Waals surface area (Å²) in [7, 11) is -1.98. The van der Waals surface area contributed by atoms with Gasteiger partial charge >= 0.3 is 12.4 Å². The number of hydrogen-bond donors (Lipinski definition) is 1. The summed E-state index contributed by atoms with van der Waals surface area (Å²) >= 11 is 0. The van der Waals surface area contributed by atoms with Crippen molar-refractivity contribution < 1.29 is 31.4 Å². The molecule has 128 valence electrons. The van der Waals surface area contributed by atoms with Crippen LogP contribution in [0, 0.1) is 11.5 Å². The predicted molar refractivity (Wildman–Crippen MR) is 77.1 cm³/mol. The molecule has 0 amide bonds. The van der Waals surface area contributed by atoms with Crippen molar-refractivity contribution >= 4 is 8.07 Å². The molecule has 1 atom stereocenters. The minimum absolute atomic E-state index is 0.309. The Kier molecular flexibility index (Phi) is 5.28. The molecule has 23 heavy (non-hydrogen) atoms. The third kappa shape index (κ3) is 5.01. The summed E-state index contributed by atoms with van der Waals surface area (Å²) in [5.74, 6) is 2.29. The van der Waals surface area contributed by atoms with Gasteiger partial charge in [0, 0.05) is 0 Å². The number of halogens is 6. The lowest BCUT2D eigenvalue weighted by atomic mass is 9.89. The van der Waals surface area contributed by atoms with E-state index in [1.165, 1.54) is 0 Å². The van der Waals surface area contributed by atoms with Gasteiger partial charge in [-0.3, -0.25) is 0 Å². The van der Waals surface area contributed by atoms with Crippen LogP contribution in [-0.2, 0) is 11.8 Å². The number of alkyl halides is 6. The van der Waals surface area contributed by atoms with Crippen LogP contribution in [0.3, 0.4) is 0 Å². The van der Waals surface area contributed by atoms with E-state index >= 15 is 0 Å². The number of aliphatic hydroxyl groups is 1. The smallest absolute Gasteiger partial charge is 0.376 e. The third-order valence-electron chi connectivity index (χ3n) is 2.94. The molecule has 0 aromatic heterocycles. The summed E-state index contributed by atoms with van der Waals surface area (Å²) in [5, 5.41) is 10.0. The van der Waals surface area contributed by atoms with Gasteiger partial charge in [-0.25, -0.2) is 0 Å². The van der Waals surface area contributed by atoms with Crippen molar-refractivity contribution in [3.8, 4) is 11.5 Å². The zero-order valence-electron chi connectivity index (χ0n) is 12.7. The SMILES string of the molecule is C[Si](C)(C)C#CC[C@](O)(c1cccc(C(F)(F)F)c1)C(F)(F)F. The van der Waals surface area contributed by atoms with Crippen LogP contribution < -0.4 is 0 Å². The fraction of sp³-hybridized carbons (Fsp3) is 0.467. The molecule has 1 nitrogen and oxygen atoms in total. The minimum Gasteiger partial charge on any atom is -0.376 e. The molecule has 0 radical (unpaired) electrons. The summed E-state index contributed by atoms with van der Waals surface area (Å²) in [6.45, 7) is 5.41. The first-order valence-corrected chi connectivity index (χ1v) is 10.1. The molecule has 0 bridgehead atoms. The Morgan fingerprint density at radius 1 is 1.00 bits per heavy atom. The standard InChI is InChI=1S/C15H16F6OSi/c1-23(2,3)9-5-8-13(22,15(19,20)21)11-6-4-7-12(10-11)14(16,17)18/h4,6-7,10,22H,8H2,1-3H3/t13-/m0/s1. The van der Waals surface area contributed by atoms with Gasteiger partial charge in [0.05, 0.1) is 12.0 Å². The van der Waals surface area contributed by atoms with Crippen LogP contribution in [0.25, 0.3) is 0 Å². The maximum atomic E-state index is 13.3. The highest BCUT2D eigenvalue weighted by Crippen LogP contribution is 2.42. The van der Waals surface area contributed by atoms with Crippen molar-refractivity contribution in [2.75, 3.05) is 0 Å². The highest BCUT2D eigenvalue weighted by Gasteiger charge is 2.55. The van der Waals surface area contributed by atoms with Gasteiger partial charge in [-0.15, -0.1) is 11.5 Å². The van der Waals surface area contributed by atoms with Crippen LogP contribution in [0.2, 0.25) is 19.6 Å². The first kappa shape index (κ1) is 19.6. The molecule has 0 aliphatic heterocycles. The summed E-state index contributed by atoms with van der Waals surface area (Å²) in [5.41, 5.74) is -2.90. The van der Waals surface area contributed by atoms with Crippen molar-refractivity contribution in [3.05, 3.63) is 35.4 Å². The second-order valence-electron chi connectivity index (χ2n) is 6.17. The number of hydrogen-bond acceptors (Lipinski definition) is 1. The highest BCUT2D eigenvalue weighted by molar-refractivity contribution is 6.83. The van der Waals surface area contributed by atoms with E-state index in [1.54, 1.807) is 19.6 Å². The fourth-order valence-corrected chi connectivity index (χ4v) is 2.37. The minimum atomic E-state index is -5.15. The van der Waals surface area contributed by atoms with Crippen molar-refractivity contribution in [2.24, 2.45) is 0 Å². The van der Waals surface area contributed by atoms with E-state index in [2.05, 4.69) is 11.5 Å². The zero-order valence-corrected chi connectivity index (χ0v) is 13.7. The van der Waals surface area contributed by atoms with E-state index in [0.717, 1.165) is 12.1 Å². The van der Waals surface area contributed by atoms with Crippen LogP contribution in [-0.4, -0.2) is 19.4 Å². The topological polar surface area (TPSA) is 20.2 Å². The summed E-state index contributed by atoms with van der Waals surface area (Å²) in [6.07, 6.45) is -11.0. The monoisotopic (exact) mass is 354 g/mol. The molecule has 1 rings (SSSR count). The van der Waals surface area contributed by atoms with Gasteiger partial charge < -0.3 is 5.11 Å². The Bertz CT molecular complexity index is 618. The molecule has 0 aliphatic carbocycles. The van der Waals surface area contributed by atoms with Crippen LogP contribution in [0.15, 0.2) is 24.3 Å². The van der Waals surface area contributed by atoms with Crippen LogP contribution in [0.5, 0.6) is 0 Å². The van der Waals surface area contributed by atoms with Gasteiger partial charge in [0.25, 0.3) is 0 Å². The normalized spacial score (nSPS) is 15.6. The van der Waals surface area contributed by atoms with Gasteiger partial charge in [-0.05, 0) is 17.7 Å². The van der Waals surface area contributed by atoms with Gasteiger partial charge in [-0.1, -0.05) is 31.8 Å². The predicted octanol–water partition coefficient (Wildman–Crippen LogP) is 4.73. The van der Waals surface area contributed by atoms with Gasteiger partial charge in [0.15, 0.2) is 5.60 Å². The summed E-state index contributed by atoms with van der Waals surface area (Å²) in [6, 6.07) is 2.61. The van der Waals surface area contributed by atoms with Crippen molar-refractivity contribution in [3.63, 3.8) is 0 Å². The van der Waals surface area contributed by atoms with E-state index in [9.17, 15) is 31.4 Å². The molecule has 0 unspecified atom stereocenters. The number of benzene rings is 1. The maximum Gasteiger partial charge on any atom is 0.422 e. The maximum absolute atomic E-state index is 13.3. The van der Waals surface area contributed by atoms with Gasteiger partial charge in [0.2, 0.25) is 0 Å². The molecule has 0 spiro atoms. The molecule has 1 N–H and O–H groups in total. The van der Waals surface area contributed by atoms with E-state index in [1.807, 2.05) is 0 Å². The van der Waals surface area contributed by atoms with Gasteiger partial charge in [-0.2, -0.15) is 26.3 Å². The second-order valence-corrected chi connectivity index (χ2v) is 10.9.